The second kappa shape index (κ2) is 4.45. The minimum Gasteiger partial charge on any atom is -0.411 e. The van der Waals surface area contributed by atoms with Gasteiger partial charge in [-0.25, -0.2) is 0 Å². The second-order valence-corrected chi connectivity index (χ2v) is 2.84. The molecule has 1 aromatic rings. The molecule has 0 fully saturated rings. The first-order valence-electron chi connectivity index (χ1n) is 4.17. The Morgan fingerprint density at radius 2 is 2.23 bits per heavy atom. The average Bonchev–Trinajstić information content (AvgIpc) is 2.18. The SMILES string of the molecule is C=CCc1ccccc1/C(C)=N/O. The molecule has 0 aliphatic heterocycles. The molecule has 0 aliphatic carbocycles. The number of hydrogen-bond acceptors (Lipinski definition) is 2. The van der Waals surface area contributed by atoms with E-state index >= 15 is 0 Å². The van der Waals surface area contributed by atoms with Crippen molar-refractivity contribution in [1.29, 1.82) is 0 Å². The number of allylic oxidation sites excluding steroid dienone is 1. The quantitative estimate of drug-likeness (QED) is 0.325. The standard InChI is InChI=1S/C11H13NO/c1-3-6-10-7-4-5-8-11(10)9(2)12-13/h3-5,7-8,13H,1,6H2,2H3/b12-9+. The van der Waals surface area contributed by atoms with Crippen LogP contribution in [0.3, 0.4) is 0 Å². The Kier molecular flexibility index (Phi) is 3.26. The number of nitrogens with zero attached hydrogens (tertiary/aromatic N) is 1. The van der Waals surface area contributed by atoms with Crippen LogP contribution in [-0.4, -0.2) is 10.9 Å². The highest BCUT2D eigenvalue weighted by molar-refractivity contribution is 5.99. The third kappa shape index (κ3) is 2.18. The summed E-state index contributed by atoms with van der Waals surface area (Å²) in [5, 5.41) is 11.8. The normalized spacial score (nSPS) is 11.3. The van der Waals surface area contributed by atoms with Gasteiger partial charge in [-0.1, -0.05) is 35.5 Å². The van der Waals surface area contributed by atoms with E-state index in [4.69, 9.17) is 5.21 Å². The Labute approximate surface area is 78.2 Å². The monoisotopic (exact) mass is 175 g/mol. The molecule has 2 heteroatoms. The van der Waals surface area contributed by atoms with Crippen molar-refractivity contribution in [2.24, 2.45) is 5.16 Å². The molecule has 1 N–H and O–H groups in total. The zero-order chi connectivity index (χ0) is 9.68. The van der Waals surface area contributed by atoms with E-state index in [2.05, 4.69) is 11.7 Å². The van der Waals surface area contributed by atoms with E-state index in [9.17, 15) is 0 Å². The van der Waals surface area contributed by atoms with Gasteiger partial charge in [0.05, 0.1) is 5.71 Å². The van der Waals surface area contributed by atoms with E-state index in [0.717, 1.165) is 17.5 Å². The summed E-state index contributed by atoms with van der Waals surface area (Å²) in [6, 6.07) is 7.84. The molecule has 0 spiro atoms. The van der Waals surface area contributed by atoms with Crippen LogP contribution >= 0.6 is 0 Å². The predicted octanol–water partition coefficient (Wildman–Crippen LogP) is 2.61. The van der Waals surface area contributed by atoms with Gasteiger partial charge in [0.15, 0.2) is 0 Å². The Morgan fingerprint density at radius 1 is 1.54 bits per heavy atom. The third-order valence-electron chi connectivity index (χ3n) is 1.92. The summed E-state index contributed by atoms with van der Waals surface area (Å²) >= 11 is 0. The van der Waals surface area contributed by atoms with Crippen molar-refractivity contribution >= 4 is 5.71 Å². The van der Waals surface area contributed by atoms with E-state index in [1.807, 2.05) is 30.3 Å². The van der Waals surface area contributed by atoms with Crippen LogP contribution in [0.15, 0.2) is 42.1 Å². The summed E-state index contributed by atoms with van der Waals surface area (Å²) in [5.74, 6) is 0. The summed E-state index contributed by atoms with van der Waals surface area (Å²) in [6.07, 6.45) is 2.63. The molecule has 2 nitrogen and oxygen atoms in total. The lowest BCUT2D eigenvalue weighted by Crippen LogP contribution is -1.99. The largest absolute Gasteiger partial charge is 0.411 e. The van der Waals surface area contributed by atoms with Gasteiger partial charge in [-0.15, -0.1) is 6.58 Å². The van der Waals surface area contributed by atoms with Gasteiger partial charge in [-0.3, -0.25) is 0 Å². The molecule has 0 radical (unpaired) electrons. The average molecular weight is 175 g/mol. The smallest absolute Gasteiger partial charge is 0.0839 e. The van der Waals surface area contributed by atoms with Crippen LogP contribution in [0, 0.1) is 0 Å². The van der Waals surface area contributed by atoms with Crippen LogP contribution in [0.5, 0.6) is 0 Å². The molecule has 0 amide bonds. The summed E-state index contributed by atoms with van der Waals surface area (Å²) in [4.78, 5) is 0. The zero-order valence-corrected chi connectivity index (χ0v) is 7.70. The predicted molar refractivity (Wildman–Crippen MR) is 54.3 cm³/mol. The summed E-state index contributed by atoms with van der Waals surface area (Å²) in [6.45, 7) is 5.46. The zero-order valence-electron chi connectivity index (χ0n) is 7.70. The third-order valence-corrected chi connectivity index (χ3v) is 1.92. The Hall–Kier alpha value is -1.57. The van der Waals surface area contributed by atoms with Crippen LogP contribution in [0.1, 0.15) is 18.1 Å². The van der Waals surface area contributed by atoms with Crippen molar-refractivity contribution in [3.8, 4) is 0 Å². The van der Waals surface area contributed by atoms with Crippen LogP contribution < -0.4 is 0 Å². The van der Waals surface area contributed by atoms with E-state index in [1.165, 1.54) is 0 Å². The Bertz CT molecular complexity index is 329. The molecule has 0 unspecified atom stereocenters. The highest BCUT2D eigenvalue weighted by Crippen LogP contribution is 2.10. The summed E-state index contributed by atoms with van der Waals surface area (Å²) in [7, 11) is 0. The molecule has 0 heterocycles. The fourth-order valence-corrected chi connectivity index (χ4v) is 1.26. The van der Waals surface area contributed by atoms with Crippen molar-refractivity contribution in [2.45, 2.75) is 13.3 Å². The van der Waals surface area contributed by atoms with Gasteiger partial charge in [0, 0.05) is 5.56 Å². The molecule has 68 valence electrons. The molecule has 1 rings (SSSR count). The minimum atomic E-state index is 0.637. The first-order chi connectivity index (χ1) is 6.29. The molecule has 13 heavy (non-hydrogen) atoms. The highest BCUT2D eigenvalue weighted by atomic mass is 16.4. The number of rotatable bonds is 3. The fourth-order valence-electron chi connectivity index (χ4n) is 1.26. The van der Waals surface area contributed by atoms with Crippen LogP contribution in [0.2, 0.25) is 0 Å². The van der Waals surface area contributed by atoms with Gasteiger partial charge >= 0.3 is 0 Å². The molecule has 0 saturated heterocycles. The summed E-state index contributed by atoms with van der Waals surface area (Å²) in [5.41, 5.74) is 2.75. The fraction of sp³-hybridized carbons (Fsp3) is 0.182. The van der Waals surface area contributed by atoms with Crippen molar-refractivity contribution in [1.82, 2.24) is 0 Å². The van der Waals surface area contributed by atoms with E-state index in [-0.39, 0.29) is 0 Å². The lowest BCUT2D eigenvalue weighted by Gasteiger charge is -2.04. The van der Waals surface area contributed by atoms with Crippen molar-refractivity contribution in [2.75, 3.05) is 0 Å². The molecule has 0 aliphatic rings. The minimum absolute atomic E-state index is 0.637. The van der Waals surface area contributed by atoms with Gasteiger partial charge in [0.2, 0.25) is 0 Å². The Balaban J connectivity index is 3.11. The van der Waals surface area contributed by atoms with E-state index < -0.39 is 0 Å². The van der Waals surface area contributed by atoms with E-state index in [1.54, 1.807) is 6.92 Å². The second-order valence-electron chi connectivity index (χ2n) is 2.84. The van der Waals surface area contributed by atoms with Crippen LogP contribution in [0.25, 0.3) is 0 Å². The van der Waals surface area contributed by atoms with Crippen molar-refractivity contribution in [3.05, 3.63) is 48.0 Å². The van der Waals surface area contributed by atoms with Crippen molar-refractivity contribution < 1.29 is 5.21 Å². The lowest BCUT2D eigenvalue weighted by molar-refractivity contribution is 0.319. The molecular formula is C11H13NO. The number of oxime groups is 1. The van der Waals surface area contributed by atoms with Gasteiger partial charge in [-0.05, 0) is 18.9 Å². The molecular weight excluding hydrogens is 162 g/mol. The molecule has 0 atom stereocenters. The maximum absolute atomic E-state index is 8.64. The van der Waals surface area contributed by atoms with Gasteiger partial charge < -0.3 is 5.21 Å². The number of benzene rings is 1. The number of hydrogen-bond donors (Lipinski definition) is 1. The first kappa shape index (κ1) is 9.52. The topological polar surface area (TPSA) is 32.6 Å². The van der Waals surface area contributed by atoms with E-state index in [0.29, 0.717) is 5.71 Å². The molecule has 1 aromatic carbocycles. The Morgan fingerprint density at radius 3 is 2.85 bits per heavy atom. The summed E-state index contributed by atoms with van der Waals surface area (Å²) < 4.78 is 0. The van der Waals surface area contributed by atoms with Gasteiger partial charge in [-0.2, -0.15) is 0 Å². The lowest BCUT2D eigenvalue weighted by atomic mass is 10.0. The van der Waals surface area contributed by atoms with Gasteiger partial charge in [0.25, 0.3) is 0 Å². The maximum atomic E-state index is 8.64. The molecule has 0 bridgehead atoms. The van der Waals surface area contributed by atoms with Crippen LogP contribution in [0.4, 0.5) is 0 Å². The highest BCUT2D eigenvalue weighted by Gasteiger charge is 2.02. The molecule has 0 aromatic heterocycles. The van der Waals surface area contributed by atoms with Gasteiger partial charge in [0.1, 0.15) is 0 Å². The molecule has 0 saturated carbocycles. The first-order valence-corrected chi connectivity index (χ1v) is 4.17. The van der Waals surface area contributed by atoms with Crippen LogP contribution in [-0.2, 0) is 6.42 Å². The van der Waals surface area contributed by atoms with Crippen molar-refractivity contribution in [3.63, 3.8) is 0 Å². The maximum Gasteiger partial charge on any atom is 0.0839 e.